The molecule has 8 heteroatoms. The Morgan fingerprint density at radius 1 is 0.737 bits per heavy atom. The van der Waals surface area contributed by atoms with Gasteiger partial charge < -0.3 is 16.4 Å². The van der Waals surface area contributed by atoms with E-state index < -0.39 is 5.54 Å². The molecule has 6 N–H and O–H groups in total. The molecule has 1 saturated heterocycles. The van der Waals surface area contributed by atoms with E-state index in [4.69, 9.17) is 22.3 Å². The van der Waals surface area contributed by atoms with E-state index in [2.05, 4.69) is 0 Å². The van der Waals surface area contributed by atoms with Crippen molar-refractivity contribution < 1.29 is 9.59 Å². The second-order valence-electron chi connectivity index (χ2n) is 9.62. The number of benzene rings is 4. The van der Waals surface area contributed by atoms with Crippen molar-refractivity contribution in [2.75, 3.05) is 0 Å². The first-order valence-electron chi connectivity index (χ1n) is 12.2. The monoisotopic (exact) mass is 504 g/mol. The molecule has 0 spiro atoms. The fraction of sp³-hybridized carbons (Fsp3) is 0.133. The van der Waals surface area contributed by atoms with Gasteiger partial charge in [-0.1, -0.05) is 78.9 Å². The molecule has 5 rings (SSSR count). The largest absolute Gasteiger partial charge is 0.384 e. The third-order valence-corrected chi connectivity index (χ3v) is 7.16. The van der Waals surface area contributed by atoms with Crippen LogP contribution in [0.5, 0.6) is 0 Å². The van der Waals surface area contributed by atoms with Crippen molar-refractivity contribution in [3.05, 3.63) is 119 Å². The van der Waals surface area contributed by atoms with Gasteiger partial charge in [0.05, 0.1) is 6.54 Å². The zero-order valence-electron chi connectivity index (χ0n) is 20.9. The van der Waals surface area contributed by atoms with Crippen molar-refractivity contribution in [1.29, 1.82) is 10.8 Å². The highest BCUT2D eigenvalue weighted by atomic mass is 16.2. The highest BCUT2D eigenvalue weighted by molar-refractivity contribution is 6.07. The van der Waals surface area contributed by atoms with E-state index in [1.807, 2.05) is 60.7 Å². The Morgan fingerprint density at radius 2 is 1.34 bits per heavy atom. The number of amidine groups is 2. The average Bonchev–Trinajstić information content (AvgIpc) is 3.10. The normalized spacial score (nSPS) is 17.3. The third-order valence-electron chi connectivity index (χ3n) is 7.16. The fourth-order valence-corrected chi connectivity index (χ4v) is 4.93. The highest BCUT2D eigenvalue weighted by Gasteiger charge is 2.55. The van der Waals surface area contributed by atoms with Crippen LogP contribution in [0.15, 0.2) is 91.0 Å². The molecule has 0 aromatic heterocycles. The molecule has 0 aliphatic carbocycles. The minimum absolute atomic E-state index is 0.0127. The van der Waals surface area contributed by atoms with Crippen molar-refractivity contribution in [1.82, 2.24) is 9.80 Å². The van der Waals surface area contributed by atoms with Crippen molar-refractivity contribution in [2.45, 2.75) is 25.6 Å². The second-order valence-corrected chi connectivity index (χ2v) is 9.62. The maximum Gasteiger partial charge on any atom is 0.328 e. The van der Waals surface area contributed by atoms with E-state index in [-0.39, 0.29) is 36.7 Å². The van der Waals surface area contributed by atoms with Crippen molar-refractivity contribution in [3.8, 4) is 0 Å². The lowest BCUT2D eigenvalue weighted by Crippen LogP contribution is -2.43. The van der Waals surface area contributed by atoms with Crippen LogP contribution < -0.4 is 11.5 Å². The second kappa shape index (κ2) is 9.48. The highest BCUT2D eigenvalue weighted by Crippen LogP contribution is 2.39. The number of nitrogen functional groups attached to an aromatic ring is 2. The molecule has 190 valence electrons. The van der Waals surface area contributed by atoms with Crippen LogP contribution in [0, 0.1) is 10.8 Å². The van der Waals surface area contributed by atoms with Crippen LogP contribution in [0.4, 0.5) is 4.79 Å². The lowest BCUT2D eigenvalue weighted by molar-refractivity contribution is -0.133. The van der Waals surface area contributed by atoms with E-state index in [9.17, 15) is 9.59 Å². The van der Waals surface area contributed by atoms with E-state index in [0.717, 1.165) is 27.5 Å². The number of imide groups is 1. The van der Waals surface area contributed by atoms with Crippen LogP contribution in [-0.2, 0) is 23.4 Å². The maximum absolute atomic E-state index is 13.9. The number of carbonyl (C=O) groups is 2. The summed E-state index contributed by atoms with van der Waals surface area (Å²) in [5, 5.41) is 17.2. The standard InChI is InChI=1S/C30H28N6O2/c1-30(25-5-3-2-4-6-25)28(37)35(17-19-7-11-22(12-8-19)26(31)32)29(38)36(30)18-20-9-10-21-13-14-23(27(33)34)16-24(21)15-20/h2-16H,17-18H2,1H3,(H3,31,32)(H3,33,34). The molecule has 4 aromatic rings. The minimum atomic E-state index is -1.20. The van der Waals surface area contributed by atoms with Crippen molar-refractivity contribution in [2.24, 2.45) is 11.5 Å². The Kier molecular flexibility index (Phi) is 6.16. The number of amides is 3. The van der Waals surface area contributed by atoms with Crippen LogP contribution in [-0.4, -0.2) is 33.4 Å². The fourth-order valence-electron chi connectivity index (χ4n) is 4.93. The molecular formula is C30H28N6O2. The van der Waals surface area contributed by atoms with Gasteiger partial charge in [0, 0.05) is 17.7 Å². The minimum Gasteiger partial charge on any atom is -0.384 e. The first-order chi connectivity index (χ1) is 18.2. The van der Waals surface area contributed by atoms with Gasteiger partial charge in [-0.05, 0) is 46.5 Å². The Labute approximate surface area is 220 Å². The van der Waals surface area contributed by atoms with E-state index in [1.54, 1.807) is 42.2 Å². The molecule has 0 bridgehead atoms. The Bertz CT molecular complexity index is 1580. The number of nitrogens with two attached hydrogens (primary N) is 2. The van der Waals surface area contributed by atoms with Gasteiger partial charge >= 0.3 is 6.03 Å². The molecule has 3 amide bonds. The van der Waals surface area contributed by atoms with Crippen LogP contribution in [0.2, 0.25) is 0 Å². The van der Waals surface area contributed by atoms with Gasteiger partial charge in [-0.2, -0.15) is 0 Å². The quantitative estimate of drug-likeness (QED) is 0.169. The lowest BCUT2D eigenvalue weighted by Gasteiger charge is -2.32. The first-order valence-corrected chi connectivity index (χ1v) is 12.2. The topological polar surface area (TPSA) is 140 Å². The zero-order chi connectivity index (χ0) is 27.0. The zero-order valence-corrected chi connectivity index (χ0v) is 20.9. The molecule has 1 unspecified atom stereocenters. The summed E-state index contributed by atoms with van der Waals surface area (Å²) >= 11 is 0. The van der Waals surface area contributed by atoms with Crippen LogP contribution >= 0.6 is 0 Å². The van der Waals surface area contributed by atoms with Gasteiger partial charge in [0.2, 0.25) is 0 Å². The summed E-state index contributed by atoms with van der Waals surface area (Å²) in [7, 11) is 0. The van der Waals surface area contributed by atoms with Gasteiger partial charge in [0.1, 0.15) is 17.2 Å². The number of carbonyl (C=O) groups excluding carboxylic acids is 2. The van der Waals surface area contributed by atoms with Gasteiger partial charge in [0.15, 0.2) is 0 Å². The predicted octanol–water partition coefficient (Wildman–Crippen LogP) is 4.29. The van der Waals surface area contributed by atoms with Gasteiger partial charge in [-0.3, -0.25) is 20.5 Å². The molecular weight excluding hydrogens is 476 g/mol. The molecule has 1 aliphatic rings. The average molecular weight is 505 g/mol. The summed E-state index contributed by atoms with van der Waals surface area (Å²) in [6, 6.07) is 27.4. The molecule has 1 fully saturated rings. The number of hydrogen-bond acceptors (Lipinski definition) is 4. The van der Waals surface area contributed by atoms with E-state index in [1.165, 1.54) is 4.90 Å². The first kappa shape index (κ1) is 24.7. The maximum atomic E-state index is 13.9. The van der Waals surface area contributed by atoms with Gasteiger partial charge in [0.25, 0.3) is 5.91 Å². The molecule has 1 aliphatic heterocycles. The molecule has 1 atom stereocenters. The lowest BCUT2D eigenvalue weighted by atomic mass is 9.90. The molecule has 0 saturated carbocycles. The van der Waals surface area contributed by atoms with Crippen LogP contribution in [0.1, 0.15) is 34.7 Å². The summed E-state index contributed by atoms with van der Waals surface area (Å²) < 4.78 is 0. The molecule has 0 radical (unpaired) electrons. The summed E-state index contributed by atoms with van der Waals surface area (Å²) in [5.74, 6) is -0.358. The number of urea groups is 1. The van der Waals surface area contributed by atoms with Crippen molar-refractivity contribution >= 4 is 34.4 Å². The third kappa shape index (κ3) is 4.26. The SMILES string of the molecule is CC1(c2ccccc2)C(=O)N(Cc2ccc(C(=N)N)cc2)C(=O)N1Cc1ccc2ccc(C(=N)N)cc2c1. The number of nitrogens with one attached hydrogen (secondary N) is 2. The van der Waals surface area contributed by atoms with Gasteiger partial charge in [-0.25, -0.2) is 4.79 Å². The summed E-state index contributed by atoms with van der Waals surface area (Å²) in [6.07, 6.45) is 0. The summed E-state index contributed by atoms with van der Waals surface area (Å²) in [6.45, 7) is 2.11. The van der Waals surface area contributed by atoms with E-state index in [0.29, 0.717) is 11.1 Å². The number of hydrogen-bond donors (Lipinski definition) is 4. The molecule has 1 heterocycles. The van der Waals surface area contributed by atoms with E-state index >= 15 is 0 Å². The Morgan fingerprint density at radius 3 is 2.00 bits per heavy atom. The van der Waals surface area contributed by atoms with Crippen LogP contribution in [0.25, 0.3) is 10.8 Å². The summed E-state index contributed by atoms with van der Waals surface area (Å²) in [4.78, 5) is 30.6. The van der Waals surface area contributed by atoms with Gasteiger partial charge in [-0.15, -0.1) is 0 Å². The molecule has 4 aromatic carbocycles. The molecule has 8 nitrogen and oxygen atoms in total. The van der Waals surface area contributed by atoms with Crippen molar-refractivity contribution in [3.63, 3.8) is 0 Å². The number of nitrogens with zero attached hydrogens (tertiary/aromatic N) is 2. The smallest absolute Gasteiger partial charge is 0.328 e. The molecule has 38 heavy (non-hydrogen) atoms. The Balaban J connectivity index is 1.52. The number of rotatable bonds is 7. The predicted molar refractivity (Wildman–Crippen MR) is 148 cm³/mol. The Hall–Kier alpha value is -4.98. The van der Waals surface area contributed by atoms with Crippen LogP contribution in [0.3, 0.4) is 0 Å². The summed E-state index contributed by atoms with van der Waals surface area (Å²) in [5.41, 5.74) is 13.6. The number of fused-ring (bicyclic) bond motifs is 1.